The molecule has 2 rings (SSSR count). The number of hydrogen-bond donors (Lipinski definition) is 1. The lowest BCUT2D eigenvalue weighted by Gasteiger charge is -2.13. The van der Waals surface area contributed by atoms with Crippen molar-refractivity contribution in [3.8, 4) is 5.75 Å². The van der Waals surface area contributed by atoms with Crippen LogP contribution in [0.4, 0.5) is 4.39 Å². The molecule has 0 saturated heterocycles. The zero-order chi connectivity index (χ0) is 14.7. The van der Waals surface area contributed by atoms with Crippen molar-refractivity contribution in [3.05, 3.63) is 45.7 Å². The summed E-state index contributed by atoms with van der Waals surface area (Å²) in [6.45, 7) is 6.38. The molecule has 0 radical (unpaired) electrons. The van der Waals surface area contributed by atoms with E-state index in [2.05, 4.69) is 18.8 Å². The zero-order valence-corrected chi connectivity index (χ0v) is 12.7. The summed E-state index contributed by atoms with van der Waals surface area (Å²) in [5, 5.41) is 3.05. The summed E-state index contributed by atoms with van der Waals surface area (Å²) in [6.07, 6.45) is 0. The highest BCUT2D eigenvalue weighted by Gasteiger charge is 2.11. The Morgan fingerprint density at radius 3 is 2.70 bits per heavy atom. The lowest BCUT2D eigenvalue weighted by Crippen LogP contribution is -2.08. The Morgan fingerprint density at radius 1 is 1.35 bits per heavy atom. The number of nitrogens with zero attached hydrogens (tertiary/aromatic N) is 1. The molecule has 20 heavy (non-hydrogen) atoms. The van der Waals surface area contributed by atoms with E-state index in [1.807, 2.05) is 12.3 Å². The van der Waals surface area contributed by atoms with Gasteiger partial charge in [-0.05, 0) is 13.0 Å². The summed E-state index contributed by atoms with van der Waals surface area (Å²) >= 11 is 1.62. The summed E-state index contributed by atoms with van der Waals surface area (Å²) in [5.41, 5.74) is 7.52. The van der Waals surface area contributed by atoms with Crippen LogP contribution in [0.1, 0.15) is 49.0 Å². The van der Waals surface area contributed by atoms with Crippen LogP contribution in [-0.4, -0.2) is 4.98 Å². The summed E-state index contributed by atoms with van der Waals surface area (Å²) in [5.74, 6) is 0.562. The van der Waals surface area contributed by atoms with Crippen molar-refractivity contribution in [2.45, 2.75) is 39.3 Å². The van der Waals surface area contributed by atoms with Gasteiger partial charge >= 0.3 is 0 Å². The number of thiazole rings is 1. The lowest BCUT2D eigenvalue weighted by atomic mass is 10.1. The molecule has 0 bridgehead atoms. The van der Waals surface area contributed by atoms with Gasteiger partial charge in [0, 0.05) is 29.0 Å². The molecule has 0 aliphatic heterocycles. The van der Waals surface area contributed by atoms with E-state index in [0.29, 0.717) is 18.3 Å². The van der Waals surface area contributed by atoms with Gasteiger partial charge in [-0.15, -0.1) is 11.3 Å². The molecular formula is C15H19FN2OS. The fourth-order valence-corrected chi connectivity index (χ4v) is 2.63. The summed E-state index contributed by atoms with van der Waals surface area (Å²) in [6, 6.07) is 4.22. The molecule has 0 amide bonds. The van der Waals surface area contributed by atoms with E-state index in [1.54, 1.807) is 17.4 Å². The zero-order valence-electron chi connectivity index (χ0n) is 11.9. The fourth-order valence-electron chi connectivity index (χ4n) is 1.82. The van der Waals surface area contributed by atoms with E-state index >= 15 is 0 Å². The molecule has 1 aromatic carbocycles. The normalized spacial score (nSPS) is 12.7. The first-order chi connectivity index (χ1) is 9.47. The second kappa shape index (κ2) is 6.33. The summed E-state index contributed by atoms with van der Waals surface area (Å²) in [7, 11) is 0. The molecule has 0 saturated carbocycles. The fraction of sp³-hybridized carbons (Fsp3) is 0.400. The van der Waals surface area contributed by atoms with Gasteiger partial charge in [0.25, 0.3) is 0 Å². The van der Waals surface area contributed by atoms with Gasteiger partial charge in [-0.1, -0.05) is 19.9 Å². The number of ether oxygens (including phenoxy) is 1. The first kappa shape index (κ1) is 14.9. The minimum absolute atomic E-state index is 0.202. The third-order valence-corrected chi connectivity index (χ3v) is 4.10. The van der Waals surface area contributed by atoms with E-state index in [0.717, 1.165) is 16.3 Å². The Morgan fingerprint density at radius 2 is 2.10 bits per heavy atom. The molecule has 5 heteroatoms. The van der Waals surface area contributed by atoms with Crippen molar-refractivity contribution >= 4 is 11.3 Å². The maximum Gasteiger partial charge on any atom is 0.131 e. The van der Waals surface area contributed by atoms with Crippen LogP contribution >= 0.6 is 11.3 Å². The number of benzene rings is 1. The first-order valence-electron chi connectivity index (χ1n) is 6.59. The Hall–Kier alpha value is -1.46. The molecule has 3 nitrogen and oxygen atoms in total. The van der Waals surface area contributed by atoms with Crippen LogP contribution in [0.15, 0.2) is 23.6 Å². The largest absolute Gasteiger partial charge is 0.487 e. The lowest BCUT2D eigenvalue weighted by molar-refractivity contribution is 0.295. The molecule has 2 N–H and O–H groups in total. The van der Waals surface area contributed by atoms with Crippen LogP contribution in [0.2, 0.25) is 0 Å². The van der Waals surface area contributed by atoms with Crippen molar-refractivity contribution in [1.82, 2.24) is 4.98 Å². The molecule has 0 fully saturated rings. The summed E-state index contributed by atoms with van der Waals surface area (Å²) < 4.78 is 19.0. The van der Waals surface area contributed by atoms with E-state index < -0.39 is 0 Å². The first-order valence-corrected chi connectivity index (χ1v) is 7.47. The molecule has 1 unspecified atom stereocenters. The molecule has 108 valence electrons. The molecule has 1 aromatic heterocycles. The van der Waals surface area contributed by atoms with Crippen LogP contribution in [0, 0.1) is 5.82 Å². The standard InChI is InChI=1S/C15H19FN2OS/c1-9(2)15-18-12(8-20-15)7-19-14-6-11(16)4-5-13(14)10(3)17/h4-6,8-10H,7,17H2,1-3H3. The smallest absolute Gasteiger partial charge is 0.131 e. The Kier molecular flexibility index (Phi) is 4.73. The maximum absolute atomic E-state index is 13.3. The molecule has 0 aliphatic rings. The average Bonchev–Trinajstić information content (AvgIpc) is 2.85. The van der Waals surface area contributed by atoms with E-state index in [-0.39, 0.29) is 11.9 Å². The summed E-state index contributed by atoms with van der Waals surface area (Å²) in [4.78, 5) is 4.49. The highest BCUT2D eigenvalue weighted by molar-refractivity contribution is 7.09. The van der Waals surface area contributed by atoms with Gasteiger partial charge in [0.1, 0.15) is 18.2 Å². The Balaban J connectivity index is 2.11. The minimum Gasteiger partial charge on any atom is -0.487 e. The molecule has 0 spiro atoms. The Bertz CT molecular complexity index is 581. The predicted octanol–water partition coefficient (Wildman–Crippen LogP) is 4.00. The SMILES string of the molecule is CC(C)c1nc(COc2cc(F)ccc2C(C)N)cs1. The van der Waals surface area contributed by atoms with Crippen LogP contribution in [0.5, 0.6) is 5.75 Å². The van der Waals surface area contributed by atoms with Gasteiger partial charge in [0.15, 0.2) is 0 Å². The highest BCUT2D eigenvalue weighted by atomic mass is 32.1. The van der Waals surface area contributed by atoms with Crippen molar-refractivity contribution in [2.24, 2.45) is 5.73 Å². The second-order valence-electron chi connectivity index (χ2n) is 5.09. The van der Waals surface area contributed by atoms with Crippen molar-refractivity contribution in [1.29, 1.82) is 0 Å². The van der Waals surface area contributed by atoms with Crippen molar-refractivity contribution < 1.29 is 9.13 Å². The second-order valence-corrected chi connectivity index (χ2v) is 5.98. The molecule has 1 heterocycles. The monoisotopic (exact) mass is 294 g/mol. The molecule has 1 atom stereocenters. The Labute approximate surface area is 122 Å². The third kappa shape index (κ3) is 3.55. The van der Waals surface area contributed by atoms with Crippen LogP contribution in [0.3, 0.4) is 0 Å². The van der Waals surface area contributed by atoms with E-state index in [9.17, 15) is 4.39 Å². The van der Waals surface area contributed by atoms with Crippen molar-refractivity contribution in [2.75, 3.05) is 0 Å². The molecular weight excluding hydrogens is 275 g/mol. The van der Waals surface area contributed by atoms with Crippen molar-refractivity contribution in [3.63, 3.8) is 0 Å². The number of aromatic nitrogens is 1. The van der Waals surface area contributed by atoms with E-state index in [4.69, 9.17) is 10.5 Å². The van der Waals surface area contributed by atoms with Crippen LogP contribution in [0.25, 0.3) is 0 Å². The highest BCUT2D eigenvalue weighted by Crippen LogP contribution is 2.26. The number of rotatable bonds is 5. The number of nitrogens with two attached hydrogens (primary N) is 1. The van der Waals surface area contributed by atoms with Gasteiger partial charge in [0.2, 0.25) is 0 Å². The maximum atomic E-state index is 13.3. The quantitative estimate of drug-likeness (QED) is 0.906. The van der Waals surface area contributed by atoms with Crippen LogP contribution in [-0.2, 0) is 6.61 Å². The number of halogens is 1. The predicted molar refractivity (Wildman–Crippen MR) is 79.5 cm³/mol. The van der Waals surface area contributed by atoms with Gasteiger partial charge in [-0.25, -0.2) is 9.37 Å². The van der Waals surface area contributed by atoms with Crippen LogP contribution < -0.4 is 10.5 Å². The van der Waals surface area contributed by atoms with Gasteiger partial charge < -0.3 is 10.5 Å². The topological polar surface area (TPSA) is 48.1 Å². The molecule has 2 aromatic rings. The molecule has 0 aliphatic carbocycles. The van der Waals surface area contributed by atoms with Gasteiger partial charge in [-0.2, -0.15) is 0 Å². The third-order valence-electron chi connectivity index (χ3n) is 2.91. The van der Waals surface area contributed by atoms with E-state index in [1.165, 1.54) is 12.1 Å². The number of hydrogen-bond acceptors (Lipinski definition) is 4. The van der Waals surface area contributed by atoms with Gasteiger partial charge in [0.05, 0.1) is 10.7 Å². The average molecular weight is 294 g/mol. The minimum atomic E-state index is -0.328. The van der Waals surface area contributed by atoms with Gasteiger partial charge in [-0.3, -0.25) is 0 Å².